The fraction of sp³-hybridized carbons (Fsp3) is 0.833. The number of carbonyl (C=O) groups excluding carboxylic acids is 1. The van der Waals surface area contributed by atoms with E-state index in [-0.39, 0.29) is 18.9 Å². The number of carboxylic acid groups (broad SMARTS) is 1. The van der Waals surface area contributed by atoms with Gasteiger partial charge in [-0.15, -0.1) is 0 Å². The quantitative estimate of drug-likeness (QED) is 0.571. The van der Waals surface area contributed by atoms with E-state index in [0.29, 0.717) is 13.1 Å². The maximum Gasteiger partial charge on any atom is 0.304 e. The molecule has 0 aromatic heterocycles. The fourth-order valence-corrected chi connectivity index (χ4v) is 1.63. The maximum absolute atomic E-state index is 11.3. The molecule has 0 aliphatic carbocycles. The van der Waals surface area contributed by atoms with E-state index in [4.69, 9.17) is 5.11 Å². The van der Waals surface area contributed by atoms with Gasteiger partial charge in [-0.3, -0.25) is 14.5 Å². The zero-order valence-corrected chi connectivity index (χ0v) is 11.6. The highest BCUT2D eigenvalue weighted by Gasteiger charge is 2.12. The van der Waals surface area contributed by atoms with Crippen LogP contribution in [0.3, 0.4) is 0 Å². The molecule has 0 aliphatic heterocycles. The number of aliphatic carboxylic acids is 1. The van der Waals surface area contributed by atoms with Gasteiger partial charge in [0.25, 0.3) is 0 Å². The van der Waals surface area contributed by atoms with Crippen molar-refractivity contribution in [1.82, 2.24) is 15.1 Å². The molecule has 0 unspecified atom stereocenters. The smallest absolute Gasteiger partial charge is 0.304 e. The van der Waals surface area contributed by atoms with Crippen LogP contribution in [0.15, 0.2) is 0 Å². The van der Waals surface area contributed by atoms with E-state index in [1.807, 2.05) is 4.90 Å². The Bertz CT molecular complexity index is 255. The number of carbonyl (C=O) groups is 2. The predicted octanol–water partition coefficient (Wildman–Crippen LogP) is -0.149. The Morgan fingerprint density at radius 1 is 1.06 bits per heavy atom. The highest BCUT2D eigenvalue weighted by Crippen LogP contribution is 1.95. The molecule has 0 spiro atoms. The summed E-state index contributed by atoms with van der Waals surface area (Å²) in [6.07, 6.45) is 0.0647. The standard InChI is InChI=1S/C12H25N3O3/c1-4-14(5-2)8-9-15(7-6-12(17)18)10-11(16)13-3/h4-10H2,1-3H3,(H,13,16)(H,17,18). The van der Waals surface area contributed by atoms with Gasteiger partial charge in [0, 0.05) is 26.7 Å². The van der Waals surface area contributed by atoms with Gasteiger partial charge in [0.15, 0.2) is 0 Å². The lowest BCUT2D eigenvalue weighted by molar-refractivity contribution is -0.137. The largest absolute Gasteiger partial charge is 0.481 e. The molecule has 0 heterocycles. The molecule has 0 fully saturated rings. The minimum atomic E-state index is -0.834. The van der Waals surface area contributed by atoms with Gasteiger partial charge in [0.1, 0.15) is 0 Å². The lowest BCUT2D eigenvalue weighted by Crippen LogP contribution is -2.41. The van der Waals surface area contributed by atoms with Crippen LogP contribution in [0, 0.1) is 0 Å². The fourth-order valence-electron chi connectivity index (χ4n) is 1.63. The minimum absolute atomic E-state index is 0.0647. The van der Waals surface area contributed by atoms with Crippen molar-refractivity contribution in [3.8, 4) is 0 Å². The molecule has 18 heavy (non-hydrogen) atoms. The second kappa shape index (κ2) is 9.85. The molecule has 0 bridgehead atoms. The van der Waals surface area contributed by atoms with Gasteiger partial charge in [-0.25, -0.2) is 0 Å². The van der Waals surface area contributed by atoms with Gasteiger partial charge in [-0.2, -0.15) is 0 Å². The Kier molecular flexibility index (Phi) is 9.22. The first kappa shape index (κ1) is 16.9. The molecule has 6 nitrogen and oxygen atoms in total. The molecule has 1 amide bonds. The summed E-state index contributed by atoms with van der Waals surface area (Å²) < 4.78 is 0. The number of hydrogen-bond donors (Lipinski definition) is 2. The van der Waals surface area contributed by atoms with Crippen LogP contribution in [0.1, 0.15) is 20.3 Å². The SMILES string of the molecule is CCN(CC)CCN(CCC(=O)O)CC(=O)NC. The minimum Gasteiger partial charge on any atom is -0.481 e. The highest BCUT2D eigenvalue weighted by molar-refractivity contribution is 5.77. The van der Waals surface area contributed by atoms with Crippen LogP contribution in [0.5, 0.6) is 0 Å². The normalized spacial score (nSPS) is 10.9. The molecule has 0 aromatic carbocycles. The number of likely N-dealkylation sites (N-methyl/N-ethyl adjacent to an activating group) is 2. The Hall–Kier alpha value is -1.14. The number of rotatable bonds is 10. The molecule has 0 saturated carbocycles. The van der Waals surface area contributed by atoms with Crippen LogP contribution >= 0.6 is 0 Å². The van der Waals surface area contributed by atoms with Crippen molar-refractivity contribution in [1.29, 1.82) is 0 Å². The average Bonchev–Trinajstić information content (AvgIpc) is 2.36. The molecule has 0 saturated heterocycles. The van der Waals surface area contributed by atoms with Crippen LogP contribution in [0.4, 0.5) is 0 Å². The molecule has 0 rings (SSSR count). The summed E-state index contributed by atoms with van der Waals surface area (Å²) in [5, 5.41) is 11.2. The van der Waals surface area contributed by atoms with Crippen molar-refractivity contribution < 1.29 is 14.7 Å². The number of amides is 1. The van der Waals surface area contributed by atoms with Crippen LogP contribution in [-0.4, -0.2) is 73.1 Å². The molecule has 106 valence electrons. The van der Waals surface area contributed by atoms with Gasteiger partial charge in [-0.05, 0) is 13.1 Å². The van der Waals surface area contributed by atoms with Gasteiger partial charge in [0.2, 0.25) is 5.91 Å². The number of carboxylic acids is 1. The first-order valence-electron chi connectivity index (χ1n) is 6.40. The van der Waals surface area contributed by atoms with E-state index in [2.05, 4.69) is 24.1 Å². The van der Waals surface area contributed by atoms with E-state index in [0.717, 1.165) is 19.6 Å². The first-order chi connectivity index (χ1) is 8.53. The predicted molar refractivity (Wildman–Crippen MR) is 70.5 cm³/mol. The van der Waals surface area contributed by atoms with Gasteiger partial charge >= 0.3 is 5.97 Å². The number of nitrogens with zero attached hydrogens (tertiary/aromatic N) is 2. The Morgan fingerprint density at radius 2 is 1.61 bits per heavy atom. The Balaban J connectivity index is 4.18. The third kappa shape index (κ3) is 8.03. The monoisotopic (exact) mass is 259 g/mol. The summed E-state index contributed by atoms with van der Waals surface area (Å²) in [7, 11) is 1.59. The van der Waals surface area contributed by atoms with Crippen LogP contribution in [-0.2, 0) is 9.59 Å². The summed E-state index contributed by atoms with van der Waals surface area (Å²) in [4.78, 5) is 26.0. The Morgan fingerprint density at radius 3 is 2.06 bits per heavy atom. The lowest BCUT2D eigenvalue weighted by Gasteiger charge is -2.25. The first-order valence-corrected chi connectivity index (χ1v) is 6.40. The van der Waals surface area contributed by atoms with Crippen LogP contribution < -0.4 is 5.32 Å². The van der Waals surface area contributed by atoms with E-state index >= 15 is 0 Å². The summed E-state index contributed by atoms with van der Waals surface area (Å²) in [6, 6.07) is 0. The number of nitrogens with one attached hydrogen (secondary N) is 1. The molecule has 0 atom stereocenters. The summed E-state index contributed by atoms with van der Waals surface area (Å²) >= 11 is 0. The summed E-state index contributed by atoms with van der Waals surface area (Å²) in [5.41, 5.74) is 0. The van der Waals surface area contributed by atoms with Gasteiger partial charge in [-0.1, -0.05) is 13.8 Å². The topological polar surface area (TPSA) is 72.9 Å². The van der Waals surface area contributed by atoms with Crippen LogP contribution in [0.25, 0.3) is 0 Å². The van der Waals surface area contributed by atoms with Gasteiger partial charge < -0.3 is 15.3 Å². The van der Waals surface area contributed by atoms with E-state index in [1.54, 1.807) is 7.05 Å². The zero-order valence-electron chi connectivity index (χ0n) is 11.6. The van der Waals surface area contributed by atoms with Crippen molar-refractivity contribution in [2.75, 3.05) is 46.3 Å². The summed E-state index contributed by atoms with van der Waals surface area (Å²) in [5.74, 6) is -0.917. The Labute approximate surface area is 109 Å². The molecule has 6 heteroatoms. The molecule has 2 N–H and O–H groups in total. The molecule has 0 aromatic rings. The molecule has 0 aliphatic rings. The van der Waals surface area contributed by atoms with Crippen molar-refractivity contribution in [3.63, 3.8) is 0 Å². The molecule has 0 radical (unpaired) electrons. The third-order valence-corrected chi connectivity index (χ3v) is 2.91. The number of hydrogen-bond acceptors (Lipinski definition) is 4. The second-order valence-electron chi connectivity index (χ2n) is 4.12. The third-order valence-electron chi connectivity index (χ3n) is 2.91. The van der Waals surface area contributed by atoms with Crippen molar-refractivity contribution in [2.24, 2.45) is 0 Å². The van der Waals surface area contributed by atoms with Gasteiger partial charge in [0.05, 0.1) is 13.0 Å². The molecular weight excluding hydrogens is 234 g/mol. The maximum atomic E-state index is 11.3. The zero-order chi connectivity index (χ0) is 14.0. The van der Waals surface area contributed by atoms with E-state index < -0.39 is 5.97 Å². The lowest BCUT2D eigenvalue weighted by atomic mass is 10.3. The average molecular weight is 259 g/mol. The van der Waals surface area contributed by atoms with E-state index in [1.165, 1.54) is 0 Å². The summed E-state index contributed by atoms with van der Waals surface area (Å²) in [6.45, 7) is 8.32. The van der Waals surface area contributed by atoms with Crippen molar-refractivity contribution >= 4 is 11.9 Å². The van der Waals surface area contributed by atoms with Crippen molar-refractivity contribution in [2.45, 2.75) is 20.3 Å². The second-order valence-corrected chi connectivity index (χ2v) is 4.12. The van der Waals surface area contributed by atoms with E-state index in [9.17, 15) is 9.59 Å². The van der Waals surface area contributed by atoms with Crippen molar-refractivity contribution in [3.05, 3.63) is 0 Å². The van der Waals surface area contributed by atoms with Crippen LogP contribution in [0.2, 0.25) is 0 Å². The molecular formula is C12H25N3O3. The highest BCUT2D eigenvalue weighted by atomic mass is 16.4.